The van der Waals surface area contributed by atoms with Gasteiger partial charge in [-0.3, -0.25) is 19.4 Å². The minimum atomic E-state index is -0.403. The van der Waals surface area contributed by atoms with Crippen molar-refractivity contribution < 1.29 is 19.1 Å². The maximum atomic E-state index is 12.3. The van der Waals surface area contributed by atoms with Crippen LogP contribution in [-0.4, -0.2) is 36.4 Å². The largest absolute Gasteiger partial charge is 0.495 e. The summed E-state index contributed by atoms with van der Waals surface area (Å²) in [5, 5.41) is 7.83. The highest BCUT2D eigenvalue weighted by molar-refractivity contribution is 6.10. The molecule has 1 aromatic carbocycles. The van der Waals surface area contributed by atoms with Crippen molar-refractivity contribution in [2.24, 2.45) is 0 Å². The van der Waals surface area contributed by atoms with Gasteiger partial charge in [0.25, 0.3) is 11.8 Å². The van der Waals surface area contributed by atoms with E-state index in [9.17, 15) is 14.4 Å². The van der Waals surface area contributed by atoms with Crippen LogP contribution in [0.25, 0.3) is 0 Å². The monoisotopic (exact) mass is 340 g/mol. The van der Waals surface area contributed by atoms with Gasteiger partial charge in [-0.15, -0.1) is 0 Å². The molecule has 0 unspecified atom stereocenters. The summed E-state index contributed by atoms with van der Waals surface area (Å²) in [5.74, 6) is -0.424. The van der Waals surface area contributed by atoms with E-state index in [1.807, 2.05) is 0 Å². The number of aromatic nitrogens is 1. The van der Waals surface area contributed by atoms with E-state index in [-0.39, 0.29) is 30.5 Å². The highest BCUT2D eigenvalue weighted by Gasteiger charge is 2.20. The molecule has 1 aliphatic heterocycles. The van der Waals surface area contributed by atoms with Gasteiger partial charge in [-0.25, -0.2) is 0 Å². The Bertz CT molecular complexity index is 833. The van der Waals surface area contributed by atoms with Crippen molar-refractivity contribution in [3.8, 4) is 5.75 Å². The number of fused-ring (bicyclic) bond motifs is 1. The van der Waals surface area contributed by atoms with Crippen LogP contribution >= 0.6 is 0 Å². The number of rotatable bonds is 4. The predicted octanol–water partition coefficient (Wildman–Crippen LogP) is 0.702. The number of nitrogens with zero attached hydrogens (tertiary/aromatic N) is 1. The topological polar surface area (TPSA) is 109 Å². The Morgan fingerprint density at radius 3 is 2.84 bits per heavy atom. The number of nitrogens with one attached hydrogen (secondary N) is 3. The van der Waals surface area contributed by atoms with E-state index in [1.165, 1.54) is 6.07 Å². The van der Waals surface area contributed by atoms with Crippen LogP contribution in [0.1, 0.15) is 26.4 Å². The molecule has 0 fully saturated rings. The smallest absolute Gasteiger partial charge is 0.253 e. The molecule has 1 aliphatic rings. The first-order chi connectivity index (χ1) is 12.1. The molecule has 2 aromatic rings. The number of ether oxygens (including phenoxy) is 1. The number of anilines is 1. The van der Waals surface area contributed by atoms with E-state index in [0.29, 0.717) is 22.7 Å². The van der Waals surface area contributed by atoms with Gasteiger partial charge in [0.05, 0.1) is 43.3 Å². The molecule has 0 radical (unpaired) electrons. The Morgan fingerprint density at radius 2 is 2.12 bits per heavy atom. The molecular weight excluding hydrogens is 324 g/mol. The van der Waals surface area contributed by atoms with Crippen LogP contribution in [0.2, 0.25) is 0 Å². The number of amides is 3. The summed E-state index contributed by atoms with van der Waals surface area (Å²) in [6.07, 6.45) is 1.57. The Morgan fingerprint density at radius 1 is 1.28 bits per heavy atom. The van der Waals surface area contributed by atoms with Crippen molar-refractivity contribution in [3.05, 3.63) is 53.3 Å². The van der Waals surface area contributed by atoms with Crippen molar-refractivity contribution in [3.63, 3.8) is 0 Å². The predicted molar refractivity (Wildman–Crippen MR) is 89.4 cm³/mol. The molecule has 0 bridgehead atoms. The molecule has 8 nitrogen and oxygen atoms in total. The Labute approximate surface area is 143 Å². The number of carbonyl (C=O) groups excluding carboxylic acids is 3. The van der Waals surface area contributed by atoms with Gasteiger partial charge in [0.2, 0.25) is 5.91 Å². The molecule has 25 heavy (non-hydrogen) atoms. The fraction of sp³-hybridized carbons (Fsp3) is 0.176. The van der Waals surface area contributed by atoms with Gasteiger partial charge in [0, 0.05) is 5.56 Å². The minimum absolute atomic E-state index is 0.0990. The van der Waals surface area contributed by atoms with Crippen molar-refractivity contribution in [2.75, 3.05) is 19.0 Å². The molecule has 1 aromatic heterocycles. The fourth-order valence-corrected chi connectivity index (χ4v) is 2.34. The average Bonchev–Trinajstić information content (AvgIpc) is 2.78. The van der Waals surface area contributed by atoms with Gasteiger partial charge < -0.3 is 20.7 Å². The van der Waals surface area contributed by atoms with E-state index in [1.54, 1.807) is 37.6 Å². The molecule has 0 saturated carbocycles. The average molecular weight is 340 g/mol. The highest BCUT2D eigenvalue weighted by Crippen LogP contribution is 2.19. The lowest BCUT2D eigenvalue weighted by atomic mass is 10.1. The Kier molecular flexibility index (Phi) is 4.60. The number of pyridine rings is 1. The first kappa shape index (κ1) is 16.4. The van der Waals surface area contributed by atoms with E-state index < -0.39 is 5.91 Å². The summed E-state index contributed by atoms with van der Waals surface area (Å²) in [7, 11) is 1.55. The van der Waals surface area contributed by atoms with Gasteiger partial charge >= 0.3 is 0 Å². The zero-order valence-corrected chi connectivity index (χ0v) is 13.5. The molecule has 128 valence electrons. The zero-order chi connectivity index (χ0) is 17.8. The number of hydrogen-bond donors (Lipinski definition) is 3. The zero-order valence-electron chi connectivity index (χ0n) is 13.5. The van der Waals surface area contributed by atoms with Gasteiger partial charge in [-0.1, -0.05) is 0 Å². The summed E-state index contributed by atoms with van der Waals surface area (Å²) in [4.78, 5) is 40.0. The van der Waals surface area contributed by atoms with Crippen LogP contribution in [0.3, 0.4) is 0 Å². The van der Waals surface area contributed by atoms with Crippen molar-refractivity contribution in [2.45, 2.75) is 6.54 Å². The van der Waals surface area contributed by atoms with Gasteiger partial charge in [-0.2, -0.15) is 0 Å². The van der Waals surface area contributed by atoms with E-state index in [0.717, 1.165) is 0 Å². The second-order valence-electron chi connectivity index (χ2n) is 5.36. The van der Waals surface area contributed by atoms with Gasteiger partial charge in [0.15, 0.2) is 0 Å². The summed E-state index contributed by atoms with van der Waals surface area (Å²) in [5.41, 5.74) is 1.63. The lowest BCUT2D eigenvalue weighted by Crippen LogP contribution is -2.28. The van der Waals surface area contributed by atoms with Crippen molar-refractivity contribution in [1.82, 2.24) is 15.6 Å². The summed E-state index contributed by atoms with van der Waals surface area (Å²) >= 11 is 0. The molecule has 0 spiro atoms. The third kappa shape index (κ3) is 3.74. The van der Waals surface area contributed by atoms with E-state index >= 15 is 0 Å². The number of methoxy groups -OCH3 is 1. The first-order valence-electron chi connectivity index (χ1n) is 7.56. The van der Waals surface area contributed by atoms with Crippen LogP contribution in [0.5, 0.6) is 5.75 Å². The highest BCUT2D eigenvalue weighted by atomic mass is 16.5. The third-order valence-electron chi connectivity index (χ3n) is 3.67. The van der Waals surface area contributed by atoms with Crippen molar-refractivity contribution in [1.29, 1.82) is 0 Å². The lowest BCUT2D eigenvalue weighted by Gasteiger charge is -2.09. The standard InChI is InChI=1S/C17H16N4O4/c1-25-12-4-3-11(18-8-12)7-19-16(23)10-2-5-14-13(6-10)17(24)20-9-15(22)21-14/h2-6,8H,7,9H2,1H3,(H,19,23)(H,20,24)(H,21,22). The summed E-state index contributed by atoms with van der Waals surface area (Å²) in [6.45, 7) is 0.140. The molecular formula is C17H16N4O4. The molecule has 3 rings (SSSR count). The van der Waals surface area contributed by atoms with Gasteiger partial charge in [0.1, 0.15) is 5.75 Å². The minimum Gasteiger partial charge on any atom is -0.495 e. The number of benzene rings is 1. The second kappa shape index (κ2) is 7.00. The SMILES string of the molecule is COc1ccc(CNC(=O)c2ccc3c(c2)C(=O)NCC(=O)N3)nc1. The lowest BCUT2D eigenvalue weighted by molar-refractivity contribution is -0.115. The summed E-state index contributed by atoms with van der Waals surface area (Å²) in [6, 6.07) is 8.04. The van der Waals surface area contributed by atoms with Gasteiger partial charge in [-0.05, 0) is 30.3 Å². The molecule has 0 saturated heterocycles. The molecule has 2 heterocycles. The van der Waals surface area contributed by atoms with E-state index in [2.05, 4.69) is 20.9 Å². The molecule has 0 atom stereocenters. The maximum absolute atomic E-state index is 12.3. The van der Waals surface area contributed by atoms with E-state index in [4.69, 9.17) is 4.74 Å². The maximum Gasteiger partial charge on any atom is 0.253 e. The molecule has 3 N–H and O–H groups in total. The van der Waals surface area contributed by atoms with Crippen LogP contribution in [0, 0.1) is 0 Å². The quantitative estimate of drug-likeness (QED) is 0.759. The normalized spacial score (nSPS) is 13.2. The first-order valence-corrected chi connectivity index (χ1v) is 7.56. The molecule has 8 heteroatoms. The number of carbonyl (C=O) groups is 3. The van der Waals surface area contributed by atoms with Crippen LogP contribution in [-0.2, 0) is 11.3 Å². The summed E-state index contributed by atoms with van der Waals surface area (Å²) < 4.78 is 5.03. The van der Waals surface area contributed by atoms with Crippen LogP contribution in [0.4, 0.5) is 5.69 Å². The van der Waals surface area contributed by atoms with Crippen LogP contribution < -0.4 is 20.7 Å². The molecule has 0 aliphatic carbocycles. The second-order valence-corrected chi connectivity index (χ2v) is 5.36. The Hall–Kier alpha value is -3.42. The Balaban J connectivity index is 1.72. The molecule has 3 amide bonds. The third-order valence-corrected chi connectivity index (χ3v) is 3.67. The van der Waals surface area contributed by atoms with Crippen LogP contribution in [0.15, 0.2) is 36.5 Å². The van der Waals surface area contributed by atoms with Crippen molar-refractivity contribution >= 4 is 23.4 Å². The fourth-order valence-electron chi connectivity index (χ4n) is 2.34. The number of hydrogen-bond acceptors (Lipinski definition) is 5.